The lowest BCUT2D eigenvalue weighted by atomic mass is 9.92. The lowest BCUT2D eigenvalue weighted by Gasteiger charge is -2.16. The molecule has 132 valence electrons. The molecule has 0 saturated heterocycles. The maximum atomic E-state index is 13.1. The fraction of sp³-hybridized carbons (Fsp3) is 0.158. The van der Waals surface area contributed by atoms with Gasteiger partial charge in [0.1, 0.15) is 11.7 Å². The molecule has 3 rings (SSSR count). The summed E-state index contributed by atoms with van der Waals surface area (Å²) in [6.45, 7) is 0. The van der Waals surface area contributed by atoms with Crippen LogP contribution < -0.4 is 4.74 Å². The maximum Gasteiger partial charge on any atom is 0.416 e. The summed E-state index contributed by atoms with van der Waals surface area (Å²) in [5, 5.41) is 11.1. The van der Waals surface area contributed by atoms with Gasteiger partial charge < -0.3 is 4.74 Å². The first kappa shape index (κ1) is 18.2. The fourth-order valence-corrected chi connectivity index (χ4v) is 3.30. The number of fused-ring (bicyclic) bond motifs is 1. The Kier molecular flexibility index (Phi) is 4.88. The van der Waals surface area contributed by atoms with Gasteiger partial charge >= 0.3 is 6.18 Å². The van der Waals surface area contributed by atoms with E-state index in [4.69, 9.17) is 4.74 Å². The number of hydrogen-bond donors (Lipinski definition) is 0. The fourth-order valence-electron chi connectivity index (χ4n) is 2.83. The number of nitrogens with zero attached hydrogens (tertiary/aromatic N) is 2. The normalized spacial score (nSPS) is 12.6. The lowest BCUT2D eigenvalue weighted by Crippen LogP contribution is -2.09. The van der Waals surface area contributed by atoms with Crippen LogP contribution in [0.4, 0.5) is 13.2 Å². The van der Waals surface area contributed by atoms with E-state index >= 15 is 0 Å². The minimum atomic E-state index is -4.50. The number of nitriles is 1. The Morgan fingerprint density at radius 3 is 2.58 bits per heavy atom. The highest BCUT2D eigenvalue weighted by molar-refractivity contribution is 9.10. The summed E-state index contributed by atoms with van der Waals surface area (Å²) in [6, 6.07) is 12.4. The van der Waals surface area contributed by atoms with Gasteiger partial charge in [-0.2, -0.15) is 18.4 Å². The van der Waals surface area contributed by atoms with Crippen LogP contribution in [0.2, 0.25) is 0 Å². The van der Waals surface area contributed by atoms with E-state index in [2.05, 4.69) is 27.0 Å². The van der Waals surface area contributed by atoms with Gasteiger partial charge in [-0.1, -0.05) is 28.1 Å². The van der Waals surface area contributed by atoms with E-state index < -0.39 is 17.7 Å². The van der Waals surface area contributed by atoms with E-state index in [0.717, 1.165) is 17.5 Å². The molecule has 1 unspecified atom stereocenters. The summed E-state index contributed by atoms with van der Waals surface area (Å²) in [5.41, 5.74) is -0.220. The smallest absolute Gasteiger partial charge is 0.416 e. The van der Waals surface area contributed by atoms with Crippen molar-refractivity contribution in [3.05, 3.63) is 70.0 Å². The standard InChI is InChI=1S/C19H12BrF3N2O/c1-26-17-4-2-3-13-12(17)7-8-25-18(13)15(10-24)14-9-11(19(21,22)23)5-6-16(14)20/h2-9,15H,1H3. The Labute approximate surface area is 156 Å². The van der Waals surface area contributed by atoms with Crippen LogP contribution in [-0.4, -0.2) is 12.1 Å². The first-order valence-electron chi connectivity index (χ1n) is 7.54. The second-order valence-corrected chi connectivity index (χ2v) is 6.40. The third-order valence-corrected chi connectivity index (χ3v) is 4.78. The van der Waals surface area contributed by atoms with Crippen LogP contribution in [0, 0.1) is 11.3 Å². The molecule has 7 heteroatoms. The largest absolute Gasteiger partial charge is 0.496 e. The third-order valence-electron chi connectivity index (χ3n) is 4.05. The summed E-state index contributed by atoms with van der Waals surface area (Å²) in [7, 11) is 1.53. The van der Waals surface area contributed by atoms with E-state index in [1.165, 1.54) is 19.4 Å². The number of ether oxygens (including phenoxy) is 1. The molecule has 3 nitrogen and oxygen atoms in total. The van der Waals surface area contributed by atoms with Gasteiger partial charge in [0.15, 0.2) is 0 Å². The summed E-state index contributed by atoms with van der Waals surface area (Å²) in [6.07, 6.45) is -2.98. The van der Waals surface area contributed by atoms with Crippen molar-refractivity contribution in [2.45, 2.75) is 12.1 Å². The zero-order valence-corrected chi connectivity index (χ0v) is 15.1. The predicted octanol–water partition coefficient (Wildman–Crippen LogP) is 5.68. The van der Waals surface area contributed by atoms with Gasteiger partial charge in [-0.05, 0) is 35.9 Å². The molecule has 0 aliphatic rings. The Morgan fingerprint density at radius 1 is 1.15 bits per heavy atom. The van der Waals surface area contributed by atoms with E-state index in [1.54, 1.807) is 24.3 Å². The summed E-state index contributed by atoms with van der Waals surface area (Å²) in [4.78, 5) is 4.28. The first-order chi connectivity index (χ1) is 12.4. The number of halogens is 4. The van der Waals surface area contributed by atoms with Crippen LogP contribution >= 0.6 is 15.9 Å². The summed E-state index contributed by atoms with van der Waals surface area (Å²) < 4.78 is 45.0. The van der Waals surface area contributed by atoms with Crippen molar-refractivity contribution in [1.29, 1.82) is 5.26 Å². The molecule has 0 fully saturated rings. The second-order valence-electron chi connectivity index (χ2n) is 5.55. The minimum absolute atomic E-state index is 0.213. The van der Waals surface area contributed by atoms with Crippen molar-refractivity contribution in [3.8, 4) is 11.8 Å². The molecule has 1 heterocycles. The molecule has 0 aliphatic carbocycles. The van der Waals surface area contributed by atoms with Crippen LogP contribution in [0.3, 0.4) is 0 Å². The van der Waals surface area contributed by atoms with Crippen molar-refractivity contribution < 1.29 is 17.9 Å². The molecule has 0 amide bonds. The van der Waals surface area contributed by atoms with Crippen molar-refractivity contribution in [2.75, 3.05) is 7.11 Å². The van der Waals surface area contributed by atoms with Crippen LogP contribution in [-0.2, 0) is 6.18 Å². The van der Waals surface area contributed by atoms with Gasteiger partial charge in [0.2, 0.25) is 0 Å². The number of rotatable bonds is 3. The number of aromatic nitrogens is 1. The molecule has 0 bridgehead atoms. The molecule has 0 radical (unpaired) electrons. The minimum Gasteiger partial charge on any atom is -0.496 e. The van der Waals surface area contributed by atoms with Crippen LogP contribution in [0.1, 0.15) is 22.7 Å². The van der Waals surface area contributed by atoms with Crippen LogP contribution in [0.5, 0.6) is 5.75 Å². The number of pyridine rings is 1. The number of hydrogen-bond acceptors (Lipinski definition) is 3. The highest BCUT2D eigenvalue weighted by atomic mass is 79.9. The quantitative estimate of drug-likeness (QED) is 0.547. The van der Waals surface area contributed by atoms with Crippen LogP contribution in [0.15, 0.2) is 53.1 Å². The Bertz CT molecular complexity index is 1010. The Balaban J connectivity index is 2.23. The molecule has 1 aromatic heterocycles. The first-order valence-corrected chi connectivity index (χ1v) is 8.34. The molecule has 0 aliphatic heterocycles. The van der Waals surface area contributed by atoms with Crippen molar-refractivity contribution in [1.82, 2.24) is 4.98 Å². The average molecular weight is 421 g/mol. The van der Waals surface area contributed by atoms with Gasteiger partial charge in [0.05, 0.1) is 24.4 Å². The van der Waals surface area contributed by atoms with E-state index in [0.29, 0.717) is 21.3 Å². The molecule has 1 atom stereocenters. The van der Waals surface area contributed by atoms with Crippen molar-refractivity contribution in [2.24, 2.45) is 0 Å². The summed E-state index contributed by atoms with van der Waals surface area (Å²) in [5.74, 6) is -0.367. The molecule has 3 aromatic rings. The van der Waals surface area contributed by atoms with Gasteiger partial charge in [-0.25, -0.2) is 0 Å². The van der Waals surface area contributed by atoms with Crippen molar-refractivity contribution >= 4 is 26.7 Å². The number of alkyl halides is 3. The van der Waals surface area contributed by atoms with E-state index in [9.17, 15) is 18.4 Å². The highest BCUT2D eigenvalue weighted by Crippen LogP contribution is 2.38. The topological polar surface area (TPSA) is 45.9 Å². The molecule has 0 spiro atoms. The lowest BCUT2D eigenvalue weighted by molar-refractivity contribution is -0.137. The zero-order valence-electron chi connectivity index (χ0n) is 13.5. The average Bonchev–Trinajstić information content (AvgIpc) is 2.62. The third kappa shape index (κ3) is 3.25. The van der Waals surface area contributed by atoms with Gasteiger partial charge in [0.25, 0.3) is 0 Å². The summed E-state index contributed by atoms with van der Waals surface area (Å²) >= 11 is 3.26. The Morgan fingerprint density at radius 2 is 1.92 bits per heavy atom. The Hall–Kier alpha value is -2.59. The number of methoxy groups -OCH3 is 1. The SMILES string of the molecule is COc1cccc2c(C(C#N)c3cc(C(F)(F)F)ccc3Br)nccc12. The molecule has 0 N–H and O–H groups in total. The van der Waals surface area contributed by atoms with E-state index in [-0.39, 0.29) is 5.56 Å². The maximum absolute atomic E-state index is 13.1. The number of benzene rings is 2. The molecule has 26 heavy (non-hydrogen) atoms. The van der Waals surface area contributed by atoms with Gasteiger partial charge in [0, 0.05) is 21.4 Å². The zero-order chi connectivity index (χ0) is 18.9. The van der Waals surface area contributed by atoms with E-state index in [1.807, 2.05) is 0 Å². The van der Waals surface area contributed by atoms with Gasteiger partial charge in [-0.3, -0.25) is 4.98 Å². The molecular formula is C19H12BrF3N2O. The predicted molar refractivity (Wildman–Crippen MR) is 94.9 cm³/mol. The highest BCUT2D eigenvalue weighted by Gasteiger charge is 2.32. The van der Waals surface area contributed by atoms with Crippen LogP contribution in [0.25, 0.3) is 10.8 Å². The molecular weight excluding hydrogens is 409 g/mol. The second kappa shape index (κ2) is 6.96. The monoisotopic (exact) mass is 420 g/mol. The van der Waals surface area contributed by atoms with Gasteiger partial charge in [-0.15, -0.1) is 0 Å². The van der Waals surface area contributed by atoms with Crippen molar-refractivity contribution in [3.63, 3.8) is 0 Å². The molecule has 0 saturated carbocycles. The molecule has 2 aromatic carbocycles.